The van der Waals surface area contributed by atoms with Crippen molar-refractivity contribution in [3.8, 4) is 0 Å². The monoisotopic (exact) mass is 470 g/mol. The Bertz CT molecular complexity index is 1000. The molecular weight excluding hydrogens is 444 g/mol. The fraction of sp³-hybridized carbons (Fsp3) is 0.722. The predicted molar refractivity (Wildman–Crippen MR) is 112 cm³/mol. The standard InChI is InChI=1S/C18H26N6O5S2/c1-23-13(9-12-5-8-31(28,29)11-12)20-21-17(23)30-10-14(25)22-24-15(26)18(19-16(24)27)6-3-2-4-7-18/h12H,2-11H2,1H3,(H,19,27)(H,22,25). The SMILES string of the molecule is Cn1c(CC2CCS(=O)(=O)C2)nnc1SCC(=O)NN1C(=O)NC2(CCCCC2)C1=O. The number of carbonyl (C=O) groups is 3. The number of carbonyl (C=O) groups excluding carboxylic acids is 3. The van der Waals surface area contributed by atoms with Gasteiger partial charge in [0.05, 0.1) is 17.3 Å². The molecule has 0 aromatic carbocycles. The molecule has 4 rings (SSSR count). The number of amides is 4. The fourth-order valence-corrected chi connectivity index (χ4v) is 7.03. The number of hydrogen-bond acceptors (Lipinski definition) is 8. The molecule has 3 fully saturated rings. The summed E-state index contributed by atoms with van der Waals surface area (Å²) in [6.45, 7) is 0. The van der Waals surface area contributed by atoms with Crippen LogP contribution in [0.3, 0.4) is 0 Å². The summed E-state index contributed by atoms with van der Waals surface area (Å²) in [5, 5.41) is 12.3. The lowest BCUT2D eigenvalue weighted by atomic mass is 9.82. The average molecular weight is 471 g/mol. The Hall–Kier alpha value is -2.15. The second kappa shape index (κ2) is 8.41. The third-order valence-corrected chi connectivity index (χ3v) is 9.02. The van der Waals surface area contributed by atoms with Crippen molar-refractivity contribution in [1.29, 1.82) is 0 Å². The molecular formula is C18H26N6O5S2. The van der Waals surface area contributed by atoms with Gasteiger partial charge in [-0.15, -0.1) is 10.2 Å². The summed E-state index contributed by atoms with van der Waals surface area (Å²) in [6, 6.07) is -0.599. The van der Waals surface area contributed by atoms with E-state index < -0.39 is 33.2 Å². The summed E-state index contributed by atoms with van der Waals surface area (Å²) in [7, 11) is -1.19. The van der Waals surface area contributed by atoms with Crippen molar-refractivity contribution in [3.63, 3.8) is 0 Å². The fourth-order valence-electron chi connectivity index (χ4n) is 4.44. The molecule has 3 aliphatic rings. The van der Waals surface area contributed by atoms with Crippen molar-refractivity contribution >= 4 is 39.4 Å². The molecule has 2 saturated heterocycles. The van der Waals surface area contributed by atoms with Gasteiger partial charge in [-0.2, -0.15) is 5.01 Å². The predicted octanol–water partition coefficient (Wildman–Crippen LogP) is 0.170. The second-order valence-corrected chi connectivity index (χ2v) is 11.6. The second-order valence-electron chi connectivity index (χ2n) is 8.47. The van der Waals surface area contributed by atoms with E-state index in [1.807, 2.05) is 0 Å². The van der Waals surface area contributed by atoms with Crippen LogP contribution in [0.5, 0.6) is 0 Å². The molecule has 1 aromatic heterocycles. The van der Waals surface area contributed by atoms with Gasteiger partial charge >= 0.3 is 6.03 Å². The van der Waals surface area contributed by atoms with E-state index in [0.717, 1.165) is 36.0 Å². The molecule has 2 aliphatic heterocycles. The number of nitrogens with one attached hydrogen (secondary N) is 2. The lowest BCUT2D eigenvalue weighted by molar-refractivity contribution is -0.139. The smallest absolute Gasteiger partial charge is 0.322 e. The highest BCUT2D eigenvalue weighted by atomic mass is 32.2. The van der Waals surface area contributed by atoms with E-state index in [-0.39, 0.29) is 23.2 Å². The zero-order valence-electron chi connectivity index (χ0n) is 17.3. The maximum Gasteiger partial charge on any atom is 0.344 e. The Labute approximate surface area is 184 Å². The molecule has 11 nitrogen and oxygen atoms in total. The molecule has 13 heteroatoms. The van der Waals surface area contributed by atoms with Crippen molar-refractivity contribution in [2.75, 3.05) is 17.3 Å². The molecule has 1 atom stereocenters. The van der Waals surface area contributed by atoms with E-state index in [2.05, 4.69) is 20.9 Å². The minimum atomic E-state index is -2.95. The first-order valence-electron chi connectivity index (χ1n) is 10.4. The van der Waals surface area contributed by atoms with Crippen LogP contribution in [0.2, 0.25) is 0 Å². The molecule has 4 amide bonds. The first-order valence-corrected chi connectivity index (χ1v) is 13.2. The summed E-state index contributed by atoms with van der Waals surface area (Å²) in [5.41, 5.74) is 1.52. The minimum absolute atomic E-state index is 0.0286. The van der Waals surface area contributed by atoms with E-state index >= 15 is 0 Å². The topological polar surface area (TPSA) is 143 Å². The number of urea groups is 1. The molecule has 1 aromatic rings. The summed E-state index contributed by atoms with van der Waals surface area (Å²) in [4.78, 5) is 37.3. The van der Waals surface area contributed by atoms with Crippen molar-refractivity contribution < 1.29 is 22.8 Å². The summed E-state index contributed by atoms with van der Waals surface area (Å²) in [6.07, 6.45) is 5.07. The maximum absolute atomic E-state index is 12.7. The number of nitrogens with zero attached hydrogens (tertiary/aromatic N) is 4. The van der Waals surface area contributed by atoms with Gasteiger partial charge in [-0.25, -0.2) is 13.2 Å². The number of aromatic nitrogens is 3. The average Bonchev–Trinajstić information content (AvgIpc) is 3.32. The van der Waals surface area contributed by atoms with Crippen molar-refractivity contribution in [3.05, 3.63) is 5.82 Å². The van der Waals surface area contributed by atoms with Crippen LogP contribution in [0.1, 0.15) is 44.3 Å². The molecule has 1 spiro atoms. The minimum Gasteiger partial charge on any atom is -0.322 e. The highest BCUT2D eigenvalue weighted by Crippen LogP contribution is 2.33. The first kappa shape index (κ1) is 22.1. The van der Waals surface area contributed by atoms with Crippen molar-refractivity contribution in [2.24, 2.45) is 13.0 Å². The van der Waals surface area contributed by atoms with Gasteiger partial charge in [0.25, 0.3) is 5.91 Å². The Balaban J connectivity index is 1.31. The molecule has 1 saturated carbocycles. The third-order valence-electron chi connectivity index (χ3n) is 6.16. The quantitative estimate of drug-likeness (QED) is 0.442. The van der Waals surface area contributed by atoms with Gasteiger partial charge in [-0.3, -0.25) is 15.0 Å². The first-order chi connectivity index (χ1) is 14.7. The zero-order chi connectivity index (χ0) is 22.2. The van der Waals surface area contributed by atoms with Crippen LogP contribution in [-0.4, -0.2) is 68.8 Å². The van der Waals surface area contributed by atoms with E-state index in [9.17, 15) is 22.8 Å². The van der Waals surface area contributed by atoms with Crippen LogP contribution in [0, 0.1) is 5.92 Å². The number of thioether (sulfide) groups is 1. The lowest BCUT2D eigenvalue weighted by Gasteiger charge is -2.30. The van der Waals surface area contributed by atoms with Gasteiger partial charge in [0.2, 0.25) is 5.91 Å². The van der Waals surface area contributed by atoms with Gasteiger partial charge in [-0.1, -0.05) is 31.0 Å². The van der Waals surface area contributed by atoms with Crippen molar-refractivity contribution in [1.82, 2.24) is 30.5 Å². The normalized spacial score (nSPS) is 24.5. The molecule has 1 unspecified atom stereocenters. The molecule has 2 N–H and O–H groups in total. The van der Waals surface area contributed by atoms with E-state index in [1.54, 1.807) is 11.6 Å². The van der Waals surface area contributed by atoms with Gasteiger partial charge in [0.1, 0.15) is 11.4 Å². The molecule has 3 heterocycles. The zero-order valence-corrected chi connectivity index (χ0v) is 18.9. The van der Waals surface area contributed by atoms with Gasteiger partial charge in [-0.05, 0) is 25.2 Å². The highest BCUT2D eigenvalue weighted by Gasteiger charge is 2.52. The number of imide groups is 1. The van der Waals surface area contributed by atoms with Crippen LogP contribution in [0.25, 0.3) is 0 Å². The van der Waals surface area contributed by atoms with Crippen LogP contribution >= 0.6 is 11.8 Å². The Kier molecular flexibility index (Phi) is 5.99. The van der Waals surface area contributed by atoms with Crippen LogP contribution < -0.4 is 10.7 Å². The van der Waals surface area contributed by atoms with Gasteiger partial charge in [0.15, 0.2) is 15.0 Å². The summed E-state index contributed by atoms with van der Waals surface area (Å²) >= 11 is 1.14. The molecule has 0 bridgehead atoms. The largest absolute Gasteiger partial charge is 0.344 e. The highest BCUT2D eigenvalue weighted by molar-refractivity contribution is 7.99. The Morgan fingerprint density at radius 1 is 1.26 bits per heavy atom. The van der Waals surface area contributed by atoms with Gasteiger partial charge in [0, 0.05) is 13.5 Å². The number of hydrazine groups is 1. The van der Waals surface area contributed by atoms with E-state index in [4.69, 9.17) is 0 Å². The van der Waals surface area contributed by atoms with Crippen molar-refractivity contribution in [2.45, 2.75) is 55.6 Å². The van der Waals surface area contributed by atoms with E-state index in [1.165, 1.54) is 0 Å². The molecule has 170 valence electrons. The Morgan fingerprint density at radius 3 is 2.68 bits per heavy atom. The Morgan fingerprint density at radius 2 is 2.00 bits per heavy atom. The van der Waals surface area contributed by atoms with Crippen LogP contribution in [-0.2, 0) is 32.9 Å². The van der Waals surface area contributed by atoms with E-state index in [0.29, 0.717) is 36.7 Å². The lowest BCUT2D eigenvalue weighted by Crippen LogP contribution is -2.51. The molecule has 0 radical (unpaired) electrons. The third kappa shape index (κ3) is 4.56. The van der Waals surface area contributed by atoms with Crippen LogP contribution in [0.15, 0.2) is 5.16 Å². The summed E-state index contributed by atoms with van der Waals surface area (Å²) < 4.78 is 25.0. The number of sulfone groups is 1. The molecule has 1 aliphatic carbocycles. The van der Waals surface area contributed by atoms with Gasteiger partial charge < -0.3 is 9.88 Å². The maximum atomic E-state index is 12.7. The number of rotatable bonds is 6. The number of hydrogen-bond donors (Lipinski definition) is 2. The van der Waals surface area contributed by atoms with Crippen LogP contribution in [0.4, 0.5) is 4.79 Å². The summed E-state index contributed by atoms with van der Waals surface area (Å²) in [5.74, 6) is 0.128. The molecule has 31 heavy (non-hydrogen) atoms.